The summed E-state index contributed by atoms with van der Waals surface area (Å²) < 4.78 is 0. The maximum atomic E-state index is 13.3. The van der Waals surface area contributed by atoms with Crippen LogP contribution in [0.15, 0.2) is 60.7 Å². The third-order valence-corrected chi connectivity index (χ3v) is 6.48. The van der Waals surface area contributed by atoms with Crippen molar-refractivity contribution in [1.82, 2.24) is 15.1 Å². The molecule has 2 amide bonds. The minimum Gasteiger partial charge on any atom is -0.480 e. The van der Waals surface area contributed by atoms with Gasteiger partial charge in [-0.1, -0.05) is 67.8 Å². The highest BCUT2D eigenvalue weighted by Gasteiger charge is 2.29. The van der Waals surface area contributed by atoms with Gasteiger partial charge in [0, 0.05) is 11.6 Å². The number of hydrogen-bond donors (Lipinski definition) is 2. The smallest absolute Gasteiger partial charge is 0.323 e. The summed E-state index contributed by atoms with van der Waals surface area (Å²) in [5, 5.41) is 12.2. The molecule has 0 spiro atoms. The number of aliphatic carboxylic acids is 1. The van der Waals surface area contributed by atoms with E-state index in [-0.39, 0.29) is 43.3 Å². The Bertz CT molecular complexity index is 1020. The summed E-state index contributed by atoms with van der Waals surface area (Å²) in [6, 6.07) is 17.3. The molecule has 8 nitrogen and oxygen atoms in total. The highest BCUT2D eigenvalue weighted by Crippen LogP contribution is 2.22. The van der Waals surface area contributed by atoms with Crippen molar-refractivity contribution in [2.75, 3.05) is 26.7 Å². The first-order valence-corrected chi connectivity index (χ1v) is 12.5. The molecule has 2 aromatic carbocycles. The minimum atomic E-state index is -1.04. The van der Waals surface area contributed by atoms with E-state index >= 15 is 0 Å². The molecule has 1 aliphatic carbocycles. The summed E-state index contributed by atoms with van der Waals surface area (Å²) in [7, 11) is 1.66. The Balaban J connectivity index is 1.66. The SMILES string of the molecule is CN(CC(=O)C(Cc1ccccc1)NC(=O)c1ccccc1)CC(=O)N(CC(=O)O)C1CCCCC1. The first kappa shape index (κ1) is 27.1. The van der Waals surface area contributed by atoms with Gasteiger partial charge in [-0.3, -0.25) is 24.1 Å². The molecule has 1 atom stereocenters. The van der Waals surface area contributed by atoms with Crippen LogP contribution in [-0.2, 0) is 20.8 Å². The number of hydrogen-bond acceptors (Lipinski definition) is 5. The second-order valence-corrected chi connectivity index (χ2v) is 9.43. The number of carboxylic acids is 1. The first-order chi connectivity index (χ1) is 17.3. The molecule has 36 heavy (non-hydrogen) atoms. The lowest BCUT2D eigenvalue weighted by molar-refractivity contribution is -0.147. The van der Waals surface area contributed by atoms with Crippen LogP contribution in [0.25, 0.3) is 0 Å². The molecule has 0 heterocycles. The monoisotopic (exact) mass is 493 g/mol. The van der Waals surface area contributed by atoms with Crippen LogP contribution in [0.1, 0.15) is 48.0 Å². The van der Waals surface area contributed by atoms with Gasteiger partial charge in [0.2, 0.25) is 5.91 Å². The molecule has 2 aromatic rings. The lowest BCUT2D eigenvalue weighted by Crippen LogP contribution is -2.50. The fourth-order valence-electron chi connectivity index (χ4n) is 4.64. The zero-order valence-corrected chi connectivity index (χ0v) is 20.8. The third kappa shape index (κ3) is 8.30. The zero-order valence-electron chi connectivity index (χ0n) is 20.8. The Morgan fingerprint density at radius 3 is 2.11 bits per heavy atom. The number of ketones is 1. The molecule has 1 unspecified atom stereocenters. The quantitative estimate of drug-likeness (QED) is 0.471. The van der Waals surface area contributed by atoms with Gasteiger partial charge < -0.3 is 15.3 Å². The van der Waals surface area contributed by atoms with Crippen LogP contribution in [-0.4, -0.2) is 77.2 Å². The van der Waals surface area contributed by atoms with Crippen molar-refractivity contribution >= 4 is 23.6 Å². The molecule has 1 aliphatic rings. The maximum absolute atomic E-state index is 13.3. The van der Waals surface area contributed by atoms with Crippen molar-refractivity contribution in [2.24, 2.45) is 0 Å². The number of nitrogens with zero attached hydrogens (tertiary/aromatic N) is 2. The number of Topliss-reactive ketones (excluding diaryl/α,β-unsaturated/α-hetero) is 1. The number of carbonyl (C=O) groups excluding carboxylic acids is 3. The van der Waals surface area contributed by atoms with Crippen LogP contribution in [0.5, 0.6) is 0 Å². The average Bonchev–Trinajstić information content (AvgIpc) is 2.88. The minimum absolute atomic E-state index is 0.0517. The topological polar surface area (TPSA) is 107 Å². The largest absolute Gasteiger partial charge is 0.480 e. The summed E-state index contributed by atoms with van der Waals surface area (Å²) in [5.41, 5.74) is 1.37. The van der Waals surface area contributed by atoms with Gasteiger partial charge in [-0.05, 0) is 44.0 Å². The van der Waals surface area contributed by atoms with E-state index in [0.717, 1.165) is 37.7 Å². The Hall–Kier alpha value is -3.52. The number of benzene rings is 2. The van der Waals surface area contributed by atoms with E-state index in [1.807, 2.05) is 36.4 Å². The van der Waals surface area contributed by atoms with E-state index in [1.165, 1.54) is 4.90 Å². The van der Waals surface area contributed by atoms with Crippen molar-refractivity contribution in [3.8, 4) is 0 Å². The molecular weight excluding hydrogens is 458 g/mol. The molecule has 192 valence electrons. The fourth-order valence-corrected chi connectivity index (χ4v) is 4.64. The standard InChI is InChI=1S/C28H35N3O5/c1-30(19-26(33)31(20-27(34)35)23-15-9-4-10-16-23)18-25(32)24(17-21-11-5-2-6-12-21)29-28(36)22-13-7-3-8-14-22/h2-3,5-8,11-14,23-24H,4,9-10,15-20H2,1H3,(H,29,36)(H,34,35). The van der Waals surface area contributed by atoms with Crippen LogP contribution >= 0.6 is 0 Å². The van der Waals surface area contributed by atoms with Crippen molar-refractivity contribution in [3.05, 3.63) is 71.8 Å². The molecular formula is C28H35N3O5. The van der Waals surface area contributed by atoms with Gasteiger partial charge in [0.05, 0.1) is 19.1 Å². The summed E-state index contributed by atoms with van der Waals surface area (Å²) >= 11 is 0. The van der Waals surface area contributed by atoms with E-state index in [0.29, 0.717) is 12.0 Å². The second-order valence-electron chi connectivity index (χ2n) is 9.43. The Kier molecular flexibility index (Phi) is 10.2. The molecule has 0 aliphatic heterocycles. The van der Waals surface area contributed by atoms with Gasteiger partial charge in [-0.15, -0.1) is 0 Å². The summed E-state index contributed by atoms with van der Waals surface area (Å²) in [4.78, 5) is 53.5. The average molecular weight is 494 g/mol. The van der Waals surface area contributed by atoms with E-state index in [2.05, 4.69) is 5.32 Å². The highest BCUT2D eigenvalue weighted by atomic mass is 16.4. The van der Waals surface area contributed by atoms with Gasteiger partial charge in [-0.25, -0.2) is 0 Å². The van der Waals surface area contributed by atoms with E-state index < -0.39 is 12.0 Å². The number of likely N-dealkylation sites (N-methyl/N-ethyl adjacent to an activating group) is 1. The van der Waals surface area contributed by atoms with E-state index in [1.54, 1.807) is 36.2 Å². The number of carbonyl (C=O) groups is 4. The van der Waals surface area contributed by atoms with Gasteiger partial charge in [0.25, 0.3) is 5.91 Å². The molecule has 2 N–H and O–H groups in total. The van der Waals surface area contributed by atoms with Gasteiger partial charge in [-0.2, -0.15) is 0 Å². The van der Waals surface area contributed by atoms with Gasteiger partial charge in [0.1, 0.15) is 6.54 Å². The maximum Gasteiger partial charge on any atom is 0.323 e. The number of amides is 2. The van der Waals surface area contributed by atoms with E-state index in [4.69, 9.17) is 0 Å². The van der Waals surface area contributed by atoms with Crippen molar-refractivity contribution in [2.45, 2.75) is 50.6 Å². The van der Waals surface area contributed by atoms with E-state index in [9.17, 15) is 24.3 Å². The molecule has 0 radical (unpaired) electrons. The molecule has 1 saturated carbocycles. The van der Waals surface area contributed by atoms with Crippen LogP contribution < -0.4 is 5.32 Å². The molecule has 8 heteroatoms. The summed E-state index contributed by atoms with van der Waals surface area (Å²) in [5.74, 6) is -1.90. The summed E-state index contributed by atoms with van der Waals surface area (Å²) in [6.07, 6.45) is 4.97. The highest BCUT2D eigenvalue weighted by molar-refractivity contribution is 5.98. The number of carboxylic acid groups (broad SMARTS) is 1. The first-order valence-electron chi connectivity index (χ1n) is 12.5. The van der Waals surface area contributed by atoms with Crippen LogP contribution in [0.4, 0.5) is 0 Å². The van der Waals surface area contributed by atoms with Crippen molar-refractivity contribution in [1.29, 1.82) is 0 Å². The Morgan fingerprint density at radius 2 is 1.50 bits per heavy atom. The Morgan fingerprint density at radius 1 is 0.889 bits per heavy atom. The predicted molar refractivity (Wildman–Crippen MR) is 137 cm³/mol. The fraction of sp³-hybridized carbons (Fsp3) is 0.429. The molecule has 0 bridgehead atoms. The lowest BCUT2D eigenvalue weighted by Gasteiger charge is -2.34. The van der Waals surface area contributed by atoms with Gasteiger partial charge >= 0.3 is 5.97 Å². The van der Waals surface area contributed by atoms with Crippen LogP contribution in [0.2, 0.25) is 0 Å². The normalized spacial score (nSPS) is 14.7. The van der Waals surface area contributed by atoms with Crippen LogP contribution in [0.3, 0.4) is 0 Å². The zero-order chi connectivity index (χ0) is 25.9. The van der Waals surface area contributed by atoms with Crippen LogP contribution in [0, 0.1) is 0 Å². The molecule has 1 fully saturated rings. The Labute approximate surface area is 212 Å². The van der Waals surface area contributed by atoms with Crippen molar-refractivity contribution in [3.63, 3.8) is 0 Å². The molecule has 0 saturated heterocycles. The predicted octanol–water partition coefficient (Wildman–Crippen LogP) is 2.77. The third-order valence-electron chi connectivity index (χ3n) is 6.48. The number of rotatable bonds is 12. The molecule has 3 rings (SSSR count). The summed E-state index contributed by atoms with van der Waals surface area (Å²) in [6.45, 7) is -0.459. The van der Waals surface area contributed by atoms with Crippen molar-refractivity contribution < 1.29 is 24.3 Å². The number of nitrogens with one attached hydrogen (secondary N) is 1. The lowest BCUT2D eigenvalue weighted by atomic mass is 9.94. The molecule has 0 aromatic heterocycles. The van der Waals surface area contributed by atoms with Gasteiger partial charge in [0.15, 0.2) is 5.78 Å². The second kappa shape index (κ2) is 13.5.